The molecule has 0 aliphatic carbocycles. The van der Waals surface area contributed by atoms with Crippen molar-refractivity contribution in [2.24, 2.45) is 5.73 Å². The van der Waals surface area contributed by atoms with Crippen LogP contribution in [-0.2, 0) is 6.42 Å². The molecule has 0 aliphatic rings. The Morgan fingerprint density at radius 3 is 2.68 bits per heavy atom. The van der Waals surface area contributed by atoms with Gasteiger partial charge in [0.1, 0.15) is 11.6 Å². The molecule has 0 saturated heterocycles. The molecule has 142 valence electrons. The minimum absolute atomic E-state index is 0.201. The highest BCUT2D eigenvalue weighted by molar-refractivity contribution is 5.83. The summed E-state index contributed by atoms with van der Waals surface area (Å²) < 4.78 is 5.45. The van der Waals surface area contributed by atoms with E-state index in [9.17, 15) is 4.79 Å². The maximum absolute atomic E-state index is 12.6. The van der Waals surface area contributed by atoms with E-state index in [1.807, 2.05) is 49.4 Å². The fraction of sp³-hybridized carbons (Fsp3) is 0.190. The highest BCUT2D eigenvalue weighted by Gasteiger charge is 2.13. The molecule has 4 rings (SSSR count). The third-order valence-corrected chi connectivity index (χ3v) is 4.60. The van der Waals surface area contributed by atoms with Gasteiger partial charge in [0.2, 0.25) is 0 Å². The van der Waals surface area contributed by atoms with Gasteiger partial charge in [0.05, 0.1) is 29.7 Å². The number of nitrogens with one attached hydrogen (secondary N) is 2. The first-order chi connectivity index (χ1) is 13.6. The molecule has 0 fully saturated rings. The molecule has 2 aromatic carbocycles. The van der Waals surface area contributed by atoms with Crippen molar-refractivity contribution in [2.45, 2.75) is 19.4 Å². The summed E-state index contributed by atoms with van der Waals surface area (Å²) in [6.45, 7) is 2.58. The number of rotatable bonds is 6. The maximum atomic E-state index is 12.6. The Kier molecular flexibility index (Phi) is 4.90. The first-order valence-corrected chi connectivity index (χ1v) is 9.14. The Morgan fingerprint density at radius 2 is 1.96 bits per heavy atom. The molecule has 1 unspecified atom stereocenters. The average Bonchev–Trinajstić information content (AvgIpc) is 3.24. The number of ether oxygens (including phenoxy) is 1. The van der Waals surface area contributed by atoms with E-state index in [1.165, 1.54) is 0 Å². The van der Waals surface area contributed by atoms with Crippen LogP contribution in [0.4, 0.5) is 0 Å². The van der Waals surface area contributed by atoms with Crippen molar-refractivity contribution >= 4 is 10.9 Å². The van der Waals surface area contributed by atoms with E-state index in [0.29, 0.717) is 29.8 Å². The molecular formula is C21H21N5O2. The van der Waals surface area contributed by atoms with Crippen LogP contribution in [0.5, 0.6) is 5.75 Å². The SMILES string of the molecule is CCOc1ccc(CC(N)c2nc3ccc(-c4cn[nH]c4)cc3c(=O)[nH]2)cc1. The minimum Gasteiger partial charge on any atom is -0.494 e. The maximum Gasteiger partial charge on any atom is 0.258 e. The fourth-order valence-electron chi connectivity index (χ4n) is 3.16. The van der Waals surface area contributed by atoms with Crippen LogP contribution >= 0.6 is 0 Å². The lowest BCUT2D eigenvalue weighted by Crippen LogP contribution is -2.21. The molecule has 2 heterocycles. The van der Waals surface area contributed by atoms with Gasteiger partial charge >= 0.3 is 0 Å². The van der Waals surface area contributed by atoms with Gasteiger partial charge in [-0.25, -0.2) is 4.98 Å². The molecule has 4 aromatic rings. The molecule has 2 aromatic heterocycles. The van der Waals surface area contributed by atoms with E-state index in [2.05, 4.69) is 20.2 Å². The Labute approximate surface area is 161 Å². The van der Waals surface area contributed by atoms with E-state index < -0.39 is 6.04 Å². The number of nitrogens with zero attached hydrogens (tertiary/aromatic N) is 2. The number of H-pyrrole nitrogens is 2. The molecule has 7 heteroatoms. The Morgan fingerprint density at radius 1 is 1.14 bits per heavy atom. The van der Waals surface area contributed by atoms with Gasteiger partial charge in [0.15, 0.2) is 0 Å². The van der Waals surface area contributed by atoms with E-state index in [0.717, 1.165) is 22.4 Å². The van der Waals surface area contributed by atoms with Gasteiger partial charge in [-0.05, 0) is 48.7 Å². The number of benzene rings is 2. The monoisotopic (exact) mass is 375 g/mol. The summed E-state index contributed by atoms with van der Waals surface area (Å²) in [5.74, 6) is 1.30. The number of aromatic amines is 2. The lowest BCUT2D eigenvalue weighted by Gasteiger charge is -2.12. The second-order valence-corrected chi connectivity index (χ2v) is 6.56. The molecule has 4 N–H and O–H groups in total. The largest absolute Gasteiger partial charge is 0.494 e. The Bertz CT molecular complexity index is 1130. The zero-order chi connectivity index (χ0) is 19.5. The van der Waals surface area contributed by atoms with Gasteiger partial charge in [-0.2, -0.15) is 5.10 Å². The van der Waals surface area contributed by atoms with Crippen molar-refractivity contribution in [2.75, 3.05) is 6.61 Å². The predicted octanol–water partition coefficient (Wildman–Crippen LogP) is 2.95. The van der Waals surface area contributed by atoms with Crippen molar-refractivity contribution in [3.05, 3.63) is 76.6 Å². The quantitative estimate of drug-likeness (QED) is 0.480. The molecule has 0 bridgehead atoms. The zero-order valence-corrected chi connectivity index (χ0v) is 15.5. The van der Waals surface area contributed by atoms with E-state index in [1.54, 1.807) is 12.4 Å². The summed E-state index contributed by atoms with van der Waals surface area (Å²) in [4.78, 5) is 20.0. The van der Waals surface area contributed by atoms with Gasteiger partial charge in [-0.1, -0.05) is 18.2 Å². The summed E-state index contributed by atoms with van der Waals surface area (Å²) in [5.41, 5.74) is 9.60. The summed E-state index contributed by atoms with van der Waals surface area (Å²) in [7, 11) is 0. The third kappa shape index (κ3) is 3.65. The zero-order valence-electron chi connectivity index (χ0n) is 15.5. The van der Waals surface area contributed by atoms with Crippen molar-refractivity contribution in [1.82, 2.24) is 20.2 Å². The van der Waals surface area contributed by atoms with Gasteiger partial charge in [-0.3, -0.25) is 9.89 Å². The van der Waals surface area contributed by atoms with Gasteiger partial charge < -0.3 is 15.5 Å². The molecule has 0 radical (unpaired) electrons. The van der Waals surface area contributed by atoms with Crippen LogP contribution in [0.25, 0.3) is 22.0 Å². The van der Waals surface area contributed by atoms with Crippen molar-refractivity contribution in [3.63, 3.8) is 0 Å². The standard InChI is InChI=1S/C21H21N5O2/c1-2-28-16-6-3-13(4-7-16)9-18(22)20-25-19-8-5-14(15-11-23-24-12-15)10-17(19)21(27)26-20/h3-8,10-12,18H,2,9,22H2,1H3,(H,23,24)(H,25,26,27). The summed E-state index contributed by atoms with van der Waals surface area (Å²) in [6.07, 6.45) is 4.06. The smallest absolute Gasteiger partial charge is 0.258 e. The number of hydrogen-bond donors (Lipinski definition) is 3. The molecule has 28 heavy (non-hydrogen) atoms. The van der Waals surface area contributed by atoms with E-state index >= 15 is 0 Å². The van der Waals surface area contributed by atoms with Gasteiger partial charge in [0, 0.05) is 11.8 Å². The van der Waals surface area contributed by atoms with Gasteiger partial charge in [0.25, 0.3) is 5.56 Å². The summed E-state index contributed by atoms with van der Waals surface area (Å²) >= 11 is 0. The second-order valence-electron chi connectivity index (χ2n) is 6.56. The molecule has 0 amide bonds. The minimum atomic E-state index is -0.413. The van der Waals surface area contributed by atoms with E-state index in [4.69, 9.17) is 10.5 Å². The number of hydrogen-bond acceptors (Lipinski definition) is 5. The van der Waals surface area contributed by atoms with Crippen molar-refractivity contribution in [1.29, 1.82) is 0 Å². The first kappa shape index (κ1) is 17.9. The predicted molar refractivity (Wildman–Crippen MR) is 108 cm³/mol. The molecule has 0 saturated carbocycles. The van der Waals surface area contributed by atoms with Crippen LogP contribution in [-0.4, -0.2) is 26.8 Å². The van der Waals surface area contributed by atoms with E-state index in [-0.39, 0.29) is 5.56 Å². The number of fused-ring (bicyclic) bond motifs is 1. The number of nitrogens with two attached hydrogens (primary N) is 1. The molecular weight excluding hydrogens is 354 g/mol. The Balaban J connectivity index is 1.59. The lowest BCUT2D eigenvalue weighted by atomic mass is 10.0. The molecule has 0 spiro atoms. The second kappa shape index (κ2) is 7.66. The van der Waals surface area contributed by atoms with Crippen LogP contribution in [0.15, 0.2) is 59.7 Å². The molecule has 7 nitrogen and oxygen atoms in total. The number of aromatic nitrogens is 4. The molecule has 1 atom stereocenters. The fourth-order valence-corrected chi connectivity index (χ4v) is 3.16. The summed E-state index contributed by atoms with van der Waals surface area (Å²) in [5, 5.41) is 7.24. The van der Waals surface area contributed by atoms with Crippen molar-refractivity contribution < 1.29 is 4.74 Å². The van der Waals surface area contributed by atoms with Crippen LogP contribution in [0.3, 0.4) is 0 Å². The van der Waals surface area contributed by atoms with Crippen molar-refractivity contribution in [3.8, 4) is 16.9 Å². The topological polar surface area (TPSA) is 110 Å². The van der Waals surface area contributed by atoms with Gasteiger partial charge in [-0.15, -0.1) is 0 Å². The van der Waals surface area contributed by atoms with Crippen LogP contribution in [0, 0.1) is 0 Å². The summed E-state index contributed by atoms with van der Waals surface area (Å²) in [6, 6.07) is 12.9. The molecule has 0 aliphatic heterocycles. The highest BCUT2D eigenvalue weighted by Crippen LogP contribution is 2.22. The average molecular weight is 375 g/mol. The normalized spacial score (nSPS) is 12.2. The third-order valence-electron chi connectivity index (χ3n) is 4.60. The van der Waals surface area contributed by atoms with Crippen LogP contribution < -0.4 is 16.0 Å². The first-order valence-electron chi connectivity index (χ1n) is 9.14. The Hall–Kier alpha value is -3.45. The van der Waals surface area contributed by atoms with Crippen LogP contribution in [0.2, 0.25) is 0 Å². The highest BCUT2D eigenvalue weighted by atomic mass is 16.5. The van der Waals surface area contributed by atoms with Crippen LogP contribution in [0.1, 0.15) is 24.4 Å². The lowest BCUT2D eigenvalue weighted by molar-refractivity contribution is 0.340.